The number of amides is 1. The first-order chi connectivity index (χ1) is 12.5. The molecule has 1 amide bonds. The highest BCUT2D eigenvalue weighted by Crippen LogP contribution is 2.18. The minimum absolute atomic E-state index is 0.220. The molecule has 0 aromatic heterocycles. The molecule has 138 valence electrons. The molecule has 0 bridgehead atoms. The van der Waals surface area contributed by atoms with E-state index < -0.39 is 0 Å². The molecule has 0 saturated carbocycles. The van der Waals surface area contributed by atoms with Gasteiger partial charge in [-0.2, -0.15) is 0 Å². The topological polar surface area (TPSA) is 59.6 Å². The summed E-state index contributed by atoms with van der Waals surface area (Å²) < 4.78 is 11.1. The fourth-order valence-corrected chi connectivity index (χ4v) is 2.38. The maximum atomic E-state index is 12.4. The largest absolute Gasteiger partial charge is 0.493 e. The Morgan fingerprint density at radius 3 is 2.42 bits per heavy atom. The minimum atomic E-state index is -0.316. The molecule has 0 saturated heterocycles. The summed E-state index contributed by atoms with van der Waals surface area (Å²) in [5.41, 5.74) is 1.21. The van der Waals surface area contributed by atoms with Gasteiger partial charge in [0, 0.05) is 5.69 Å². The number of carbonyl (C=O) groups excluding carboxylic acids is 1. The molecular formula is C20H24N2O3S. The van der Waals surface area contributed by atoms with Crippen LogP contribution in [0.5, 0.6) is 11.5 Å². The monoisotopic (exact) mass is 372 g/mol. The van der Waals surface area contributed by atoms with E-state index in [9.17, 15) is 4.79 Å². The van der Waals surface area contributed by atoms with Crippen LogP contribution in [0.1, 0.15) is 31.1 Å². The molecule has 0 aliphatic carbocycles. The van der Waals surface area contributed by atoms with Crippen LogP contribution < -0.4 is 20.1 Å². The van der Waals surface area contributed by atoms with Crippen molar-refractivity contribution in [3.63, 3.8) is 0 Å². The molecule has 0 fully saturated rings. The van der Waals surface area contributed by atoms with Crippen LogP contribution in [0.4, 0.5) is 5.69 Å². The van der Waals surface area contributed by atoms with E-state index in [2.05, 4.69) is 24.5 Å². The van der Waals surface area contributed by atoms with Crippen molar-refractivity contribution in [2.45, 2.75) is 20.8 Å². The van der Waals surface area contributed by atoms with Crippen LogP contribution in [0.3, 0.4) is 0 Å². The Hall–Kier alpha value is -2.60. The van der Waals surface area contributed by atoms with E-state index in [1.165, 1.54) is 0 Å². The number of para-hydroxylation sites is 1. The maximum absolute atomic E-state index is 12.4. The van der Waals surface area contributed by atoms with Gasteiger partial charge in [0.25, 0.3) is 5.91 Å². The SMILES string of the molecule is CCOc1ccccc1C(=O)NC(=S)Nc1ccc(OCC(C)C)cc1. The predicted molar refractivity (Wildman–Crippen MR) is 108 cm³/mol. The van der Waals surface area contributed by atoms with Gasteiger partial charge in [0.15, 0.2) is 5.11 Å². The number of anilines is 1. The average Bonchev–Trinajstić information content (AvgIpc) is 2.61. The van der Waals surface area contributed by atoms with E-state index in [1.54, 1.807) is 18.2 Å². The van der Waals surface area contributed by atoms with Gasteiger partial charge in [-0.05, 0) is 61.5 Å². The lowest BCUT2D eigenvalue weighted by atomic mass is 10.2. The lowest BCUT2D eigenvalue weighted by Gasteiger charge is -2.13. The van der Waals surface area contributed by atoms with Gasteiger partial charge in [-0.25, -0.2) is 0 Å². The van der Waals surface area contributed by atoms with Gasteiger partial charge in [0.05, 0.1) is 18.8 Å². The third-order valence-electron chi connectivity index (χ3n) is 3.35. The van der Waals surface area contributed by atoms with Gasteiger partial charge in [0.2, 0.25) is 0 Å². The van der Waals surface area contributed by atoms with E-state index in [-0.39, 0.29) is 11.0 Å². The fraction of sp³-hybridized carbons (Fsp3) is 0.300. The Labute approximate surface area is 159 Å². The number of nitrogens with one attached hydrogen (secondary N) is 2. The second kappa shape index (κ2) is 9.77. The van der Waals surface area contributed by atoms with Crippen molar-refractivity contribution in [2.75, 3.05) is 18.5 Å². The Balaban J connectivity index is 1.93. The summed E-state index contributed by atoms with van der Waals surface area (Å²) in [4.78, 5) is 12.4. The van der Waals surface area contributed by atoms with E-state index in [0.29, 0.717) is 30.4 Å². The highest BCUT2D eigenvalue weighted by molar-refractivity contribution is 7.80. The molecule has 0 unspecified atom stereocenters. The Bertz CT molecular complexity index is 745. The van der Waals surface area contributed by atoms with Crippen LogP contribution in [-0.4, -0.2) is 24.2 Å². The third kappa shape index (κ3) is 6.04. The molecule has 6 heteroatoms. The van der Waals surface area contributed by atoms with Crippen LogP contribution >= 0.6 is 12.2 Å². The van der Waals surface area contributed by atoms with Gasteiger partial charge in [-0.15, -0.1) is 0 Å². The maximum Gasteiger partial charge on any atom is 0.261 e. The number of ether oxygens (including phenoxy) is 2. The molecule has 0 aliphatic rings. The summed E-state index contributed by atoms with van der Waals surface area (Å²) >= 11 is 5.22. The van der Waals surface area contributed by atoms with Crippen LogP contribution in [0.15, 0.2) is 48.5 Å². The zero-order chi connectivity index (χ0) is 18.9. The number of hydrogen-bond acceptors (Lipinski definition) is 4. The Morgan fingerprint density at radius 2 is 1.77 bits per heavy atom. The third-order valence-corrected chi connectivity index (χ3v) is 3.56. The Kier molecular flexibility index (Phi) is 7.41. The van der Waals surface area contributed by atoms with Crippen LogP contribution in [0.2, 0.25) is 0 Å². The first-order valence-electron chi connectivity index (χ1n) is 8.56. The van der Waals surface area contributed by atoms with Gasteiger partial charge < -0.3 is 14.8 Å². The van der Waals surface area contributed by atoms with Crippen molar-refractivity contribution >= 4 is 28.9 Å². The molecular weight excluding hydrogens is 348 g/mol. The van der Waals surface area contributed by atoms with Gasteiger partial charge in [-0.1, -0.05) is 26.0 Å². The van der Waals surface area contributed by atoms with Crippen molar-refractivity contribution in [1.82, 2.24) is 5.32 Å². The normalized spacial score (nSPS) is 10.3. The van der Waals surface area contributed by atoms with Crippen LogP contribution in [-0.2, 0) is 0 Å². The summed E-state index contributed by atoms with van der Waals surface area (Å²) in [5.74, 6) is 1.48. The molecule has 5 nitrogen and oxygen atoms in total. The predicted octanol–water partition coefficient (Wildman–Crippen LogP) is 4.25. The van der Waals surface area contributed by atoms with Crippen molar-refractivity contribution in [3.8, 4) is 11.5 Å². The van der Waals surface area contributed by atoms with Crippen LogP contribution in [0.25, 0.3) is 0 Å². The molecule has 2 aromatic rings. The van der Waals surface area contributed by atoms with Crippen LogP contribution in [0, 0.1) is 5.92 Å². The molecule has 0 aliphatic heterocycles. The smallest absolute Gasteiger partial charge is 0.261 e. The minimum Gasteiger partial charge on any atom is -0.493 e. The van der Waals surface area contributed by atoms with Crippen molar-refractivity contribution in [2.24, 2.45) is 5.92 Å². The van der Waals surface area contributed by atoms with Crippen molar-refractivity contribution < 1.29 is 14.3 Å². The fourth-order valence-electron chi connectivity index (χ4n) is 2.17. The lowest BCUT2D eigenvalue weighted by Crippen LogP contribution is -2.34. The molecule has 2 rings (SSSR count). The summed E-state index contributed by atoms with van der Waals surface area (Å²) in [5, 5.41) is 5.88. The number of thiocarbonyl (C=S) groups is 1. The summed E-state index contributed by atoms with van der Waals surface area (Å²) in [6, 6.07) is 14.5. The molecule has 0 radical (unpaired) electrons. The number of carbonyl (C=O) groups is 1. The second-order valence-electron chi connectivity index (χ2n) is 6.07. The van der Waals surface area contributed by atoms with Crippen molar-refractivity contribution in [3.05, 3.63) is 54.1 Å². The summed E-state index contributed by atoms with van der Waals surface area (Å²) in [6.45, 7) is 7.22. The summed E-state index contributed by atoms with van der Waals surface area (Å²) in [7, 11) is 0. The molecule has 2 N–H and O–H groups in total. The lowest BCUT2D eigenvalue weighted by molar-refractivity contribution is 0.0974. The molecule has 0 atom stereocenters. The molecule has 2 aromatic carbocycles. The van der Waals surface area contributed by atoms with Gasteiger partial charge in [0.1, 0.15) is 11.5 Å². The first kappa shape index (κ1) is 19.7. The zero-order valence-electron chi connectivity index (χ0n) is 15.2. The quantitative estimate of drug-likeness (QED) is 0.712. The van der Waals surface area contributed by atoms with Gasteiger partial charge in [-0.3, -0.25) is 10.1 Å². The molecule has 0 spiro atoms. The van der Waals surface area contributed by atoms with E-state index in [0.717, 1.165) is 11.4 Å². The highest BCUT2D eigenvalue weighted by atomic mass is 32.1. The molecule has 26 heavy (non-hydrogen) atoms. The van der Waals surface area contributed by atoms with Crippen molar-refractivity contribution in [1.29, 1.82) is 0 Å². The number of benzene rings is 2. The Morgan fingerprint density at radius 1 is 1.08 bits per heavy atom. The van der Waals surface area contributed by atoms with Gasteiger partial charge >= 0.3 is 0 Å². The first-order valence-corrected chi connectivity index (χ1v) is 8.97. The zero-order valence-corrected chi connectivity index (χ0v) is 16.1. The average molecular weight is 372 g/mol. The molecule has 0 heterocycles. The second-order valence-corrected chi connectivity index (χ2v) is 6.47. The number of rotatable bonds is 7. The van der Waals surface area contributed by atoms with E-state index >= 15 is 0 Å². The van der Waals surface area contributed by atoms with E-state index in [4.69, 9.17) is 21.7 Å². The summed E-state index contributed by atoms with van der Waals surface area (Å²) in [6.07, 6.45) is 0. The standard InChI is InChI=1S/C20H24N2O3S/c1-4-24-18-8-6-5-7-17(18)19(23)22-20(26)21-15-9-11-16(12-10-15)25-13-14(2)3/h5-12,14H,4,13H2,1-3H3,(H2,21,22,23,26). The number of hydrogen-bond donors (Lipinski definition) is 2. The van der Waals surface area contributed by atoms with E-state index in [1.807, 2.05) is 37.3 Å². The highest BCUT2D eigenvalue weighted by Gasteiger charge is 2.13.